The first-order chi connectivity index (χ1) is 16.0. The van der Waals surface area contributed by atoms with Crippen LogP contribution in [0.15, 0.2) is 42.5 Å². The third-order valence-electron chi connectivity index (χ3n) is 6.69. The molecule has 2 N–H and O–H groups in total. The van der Waals surface area contributed by atoms with Crippen molar-refractivity contribution in [3.05, 3.63) is 63.7 Å². The summed E-state index contributed by atoms with van der Waals surface area (Å²) in [6.45, 7) is 14.9. The highest BCUT2D eigenvalue weighted by molar-refractivity contribution is 7.80. The molecule has 0 heterocycles. The van der Waals surface area contributed by atoms with Gasteiger partial charge in [0, 0.05) is 29.9 Å². The standard InChI is InChI=1S/C27H39N3O3S/c1-7-26(3,4)20-14-15-24(23(18-20)27(5,6)8-2)33-17-10-9-16-28-25(34)29-21-12-11-13-22(19-21)30(31)32/h11-15,18-19H,7-10,16-17H2,1-6H3,(H2,28,29,34). The zero-order chi connectivity index (χ0) is 25.4. The Labute approximate surface area is 209 Å². The summed E-state index contributed by atoms with van der Waals surface area (Å²) in [6, 6.07) is 13.0. The summed E-state index contributed by atoms with van der Waals surface area (Å²) < 4.78 is 6.22. The van der Waals surface area contributed by atoms with Gasteiger partial charge in [0.05, 0.1) is 11.5 Å². The van der Waals surface area contributed by atoms with Crippen LogP contribution in [0.2, 0.25) is 0 Å². The zero-order valence-corrected chi connectivity index (χ0v) is 22.2. The van der Waals surface area contributed by atoms with Crippen LogP contribution in [0, 0.1) is 10.1 Å². The van der Waals surface area contributed by atoms with Crippen LogP contribution in [0.1, 0.15) is 78.4 Å². The van der Waals surface area contributed by atoms with Crippen LogP contribution in [0.5, 0.6) is 5.75 Å². The number of unbranched alkanes of at least 4 members (excludes halogenated alkanes) is 1. The first-order valence-electron chi connectivity index (χ1n) is 12.1. The lowest BCUT2D eigenvalue weighted by Crippen LogP contribution is -2.29. The summed E-state index contributed by atoms with van der Waals surface area (Å²) in [4.78, 5) is 10.5. The lowest BCUT2D eigenvalue weighted by Gasteiger charge is -2.30. The van der Waals surface area contributed by atoms with Crippen molar-refractivity contribution < 1.29 is 9.66 Å². The first kappa shape index (κ1) is 27.6. The molecule has 0 fully saturated rings. The van der Waals surface area contributed by atoms with Gasteiger partial charge >= 0.3 is 0 Å². The van der Waals surface area contributed by atoms with Crippen molar-refractivity contribution in [3.63, 3.8) is 0 Å². The van der Waals surface area contributed by atoms with Gasteiger partial charge in [0.1, 0.15) is 5.75 Å². The molecular formula is C27H39N3O3S. The van der Waals surface area contributed by atoms with Gasteiger partial charge in [-0.1, -0.05) is 59.7 Å². The van der Waals surface area contributed by atoms with Crippen LogP contribution >= 0.6 is 12.2 Å². The number of anilines is 1. The molecule has 0 saturated heterocycles. The van der Waals surface area contributed by atoms with Gasteiger partial charge in [0.2, 0.25) is 0 Å². The van der Waals surface area contributed by atoms with Gasteiger partial charge in [0.15, 0.2) is 5.11 Å². The topological polar surface area (TPSA) is 76.4 Å². The smallest absolute Gasteiger partial charge is 0.271 e. The largest absolute Gasteiger partial charge is 0.493 e. The third kappa shape index (κ3) is 7.69. The number of hydrogen-bond acceptors (Lipinski definition) is 4. The highest BCUT2D eigenvalue weighted by Gasteiger charge is 2.26. The van der Waals surface area contributed by atoms with E-state index in [2.05, 4.69) is 70.4 Å². The van der Waals surface area contributed by atoms with Crippen LogP contribution in [0.3, 0.4) is 0 Å². The third-order valence-corrected chi connectivity index (χ3v) is 6.93. The fourth-order valence-corrected chi connectivity index (χ4v) is 3.70. The SMILES string of the molecule is CCC(C)(C)c1ccc(OCCCCNC(=S)Nc2cccc([N+](=O)[O-])c2)c(C(C)(C)CC)c1. The van der Waals surface area contributed by atoms with Crippen LogP contribution in [-0.2, 0) is 10.8 Å². The van der Waals surface area contributed by atoms with E-state index in [0.29, 0.717) is 24.0 Å². The van der Waals surface area contributed by atoms with E-state index < -0.39 is 4.92 Å². The van der Waals surface area contributed by atoms with Crippen LogP contribution < -0.4 is 15.4 Å². The van der Waals surface area contributed by atoms with Gasteiger partial charge in [-0.2, -0.15) is 0 Å². The molecule has 0 aliphatic rings. The summed E-state index contributed by atoms with van der Waals surface area (Å²) in [7, 11) is 0. The van der Waals surface area contributed by atoms with Gasteiger partial charge in [-0.25, -0.2) is 0 Å². The number of nitro benzene ring substituents is 1. The normalized spacial score (nSPS) is 11.7. The van der Waals surface area contributed by atoms with Crippen LogP contribution in [0.4, 0.5) is 11.4 Å². The molecule has 0 radical (unpaired) electrons. The van der Waals surface area contributed by atoms with Gasteiger partial charge in [-0.15, -0.1) is 0 Å². The van der Waals surface area contributed by atoms with Gasteiger partial charge in [-0.3, -0.25) is 10.1 Å². The van der Waals surface area contributed by atoms with Gasteiger partial charge < -0.3 is 15.4 Å². The Hall–Kier alpha value is -2.67. The minimum absolute atomic E-state index is 0.0295. The molecule has 0 aromatic heterocycles. The summed E-state index contributed by atoms with van der Waals surface area (Å²) in [5, 5.41) is 17.5. The summed E-state index contributed by atoms with van der Waals surface area (Å²) >= 11 is 5.30. The molecule has 6 nitrogen and oxygen atoms in total. The number of nitrogens with zero attached hydrogens (tertiary/aromatic N) is 1. The molecule has 2 aromatic carbocycles. The molecule has 186 valence electrons. The number of non-ortho nitro benzene ring substituents is 1. The fourth-order valence-electron chi connectivity index (χ4n) is 3.48. The Balaban J connectivity index is 1.86. The van der Waals surface area contributed by atoms with Crippen molar-refractivity contribution in [3.8, 4) is 5.75 Å². The second kappa shape index (κ2) is 12.2. The molecule has 0 amide bonds. The van der Waals surface area contributed by atoms with Gasteiger partial charge in [0.25, 0.3) is 5.69 Å². The number of nitrogens with one attached hydrogen (secondary N) is 2. The Bertz CT molecular complexity index is 989. The lowest BCUT2D eigenvalue weighted by atomic mass is 9.76. The van der Waals surface area contributed by atoms with Crippen molar-refractivity contribution in [1.29, 1.82) is 0 Å². The zero-order valence-electron chi connectivity index (χ0n) is 21.4. The minimum atomic E-state index is -0.424. The Morgan fingerprint density at radius 2 is 1.74 bits per heavy atom. The minimum Gasteiger partial charge on any atom is -0.493 e. The predicted molar refractivity (Wildman–Crippen MR) is 145 cm³/mol. The molecule has 34 heavy (non-hydrogen) atoms. The van der Waals surface area contributed by atoms with E-state index in [9.17, 15) is 10.1 Å². The van der Waals surface area contributed by atoms with E-state index in [-0.39, 0.29) is 16.5 Å². The highest BCUT2D eigenvalue weighted by atomic mass is 32.1. The second-order valence-electron chi connectivity index (χ2n) is 9.93. The molecule has 0 spiro atoms. The number of hydrogen-bond donors (Lipinski definition) is 2. The molecule has 0 unspecified atom stereocenters. The summed E-state index contributed by atoms with van der Waals surface area (Å²) in [5.74, 6) is 0.971. The number of thiocarbonyl (C=S) groups is 1. The van der Waals surface area contributed by atoms with E-state index in [1.165, 1.54) is 23.3 Å². The van der Waals surface area contributed by atoms with E-state index in [1.807, 2.05) is 0 Å². The molecule has 0 bridgehead atoms. The molecule has 0 atom stereocenters. The van der Waals surface area contributed by atoms with Crippen molar-refractivity contribution in [2.24, 2.45) is 0 Å². The summed E-state index contributed by atoms with van der Waals surface area (Å²) in [5.41, 5.74) is 3.43. The van der Waals surface area contributed by atoms with E-state index in [0.717, 1.165) is 31.4 Å². The molecule has 0 aliphatic carbocycles. The van der Waals surface area contributed by atoms with E-state index in [1.54, 1.807) is 12.1 Å². The Morgan fingerprint density at radius 1 is 1.03 bits per heavy atom. The molecule has 2 rings (SSSR count). The number of nitro groups is 1. The molecule has 0 aliphatic heterocycles. The highest BCUT2D eigenvalue weighted by Crippen LogP contribution is 2.38. The van der Waals surface area contributed by atoms with Crippen molar-refractivity contribution in [2.75, 3.05) is 18.5 Å². The molecule has 0 saturated carbocycles. The fraction of sp³-hybridized carbons (Fsp3) is 0.519. The lowest BCUT2D eigenvalue weighted by molar-refractivity contribution is -0.384. The maximum atomic E-state index is 10.9. The van der Waals surface area contributed by atoms with Gasteiger partial charge in [-0.05, 0) is 66.4 Å². The Kier molecular flexibility index (Phi) is 9.86. The maximum absolute atomic E-state index is 10.9. The van der Waals surface area contributed by atoms with Crippen molar-refractivity contribution >= 4 is 28.7 Å². The first-order valence-corrected chi connectivity index (χ1v) is 12.5. The maximum Gasteiger partial charge on any atom is 0.271 e. The second-order valence-corrected chi connectivity index (χ2v) is 10.3. The quantitative estimate of drug-likeness (QED) is 0.144. The summed E-state index contributed by atoms with van der Waals surface area (Å²) in [6.07, 6.45) is 3.91. The monoisotopic (exact) mass is 485 g/mol. The average molecular weight is 486 g/mol. The van der Waals surface area contributed by atoms with E-state index in [4.69, 9.17) is 17.0 Å². The van der Waals surface area contributed by atoms with Crippen molar-refractivity contribution in [1.82, 2.24) is 5.32 Å². The predicted octanol–water partition coefficient (Wildman–Crippen LogP) is 7.12. The number of benzene rings is 2. The number of rotatable bonds is 12. The van der Waals surface area contributed by atoms with Crippen LogP contribution in [0.25, 0.3) is 0 Å². The number of ether oxygens (including phenoxy) is 1. The Morgan fingerprint density at radius 3 is 2.38 bits per heavy atom. The average Bonchev–Trinajstić information content (AvgIpc) is 2.81. The van der Waals surface area contributed by atoms with Crippen LogP contribution in [-0.4, -0.2) is 23.2 Å². The van der Waals surface area contributed by atoms with Crippen molar-refractivity contribution in [2.45, 2.75) is 78.1 Å². The molecular weight excluding hydrogens is 446 g/mol. The molecule has 2 aromatic rings. The van der Waals surface area contributed by atoms with E-state index >= 15 is 0 Å². The molecule has 7 heteroatoms.